The van der Waals surface area contributed by atoms with Gasteiger partial charge in [0, 0.05) is 24.0 Å². The monoisotopic (exact) mass is 347 g/mol. The summed E-state index contributed by atoms with van der Waals surface area (Å²) in [5.41, 5.74) is 1.07. The maximum Gasteiger partial charge on any atom is 0.203 e. The predicted octanol–water partition coefficient (Wildman–Crippen LogP) is 1.53. The van der Waals surface area contributed by atoms with Crippen molar-refractivity contribution in [2.24, 2.45) is 0 Å². The standard InChI is InChI=1S/C15H14FN5O2S/c16-11-3-1-2-10(8-11)14-19-20-15-13(17-5-6-21(14)15)18-12-4-7-24(22,23)9-12/h1-3,5-6,8,12H,4,7,9H2,(H,17,18). The van der Waals surface area contributed by atoms with Gasteiger partial charge in [-0.25, -0.2) is 17.8 Å². The van der Waals surface area contributed by atoms with Gasteiger partial charge < -0.3 is 5.32 Å². The number of fused-ring (bicyclic) bond motifs is 1. The Kier molecular flexibility index (Phi) is 3.45. The Hall–Kier alpha value is -2.55. The molecule has 0 aliphatic carbocycles. The number of hydrogen-bond donors (Lipinski definition) is 1. The molecule has 1 N–H and O–H groups in total. The van der Waals surface area contributed by atoms with E-state index in [1.54, 1.807) is 28.9 Å². The number of anilines is 1. The predicted molar refractivity (Wildman–Crippen MR) is 86.9 cm³/mol. The third kappa shape index (κ3) is 2.71. The molecular formula is C15H14FN5O2S. The topological polar surface area (TPSA) is 89.2 Å². The zero-order valence-corrected chi connectivity index (χ0v) is 13.4. The summed E-state index contributed by atoms with van der Waals surface area (Å²) in [6.07, 6.45) is 3.80. The van der Waals surface area contributed by atoms with Crippen LogP contribution < -0.4 is 5.32 Å². The van der Waals surface area contributed by atoms with Crippen molar-refractivity contribution >= 4 is 21.3 Å². The maximum absolute atomic E-state index is 13.4. The lowest BCUT2D eigenvalue weighted by Gasteiger charge is -2.11. The van der Waals surface area contributed by atoms with E-state index in [-0.39, 0.29) is 23.4 Å². The van der Waals surface area contributed by atoms with Crippen LogP contribution in [-0.2, 0) is 9.84 Å². The Bertz CT molecular complexity index is 1020. The van der Waals surface area contributed by atoms with Gasteiger partial charge in [0.25, 0.3) is 0 Å². The first kappa shape index (κ1) is 15.0. The van der Waals surface area contributed by atoms with Crippen molar-refractivity contribution in [1.29, 1.82) is 0 Å². The van der Waals surface area contributed by atoms with Crippen molar-refractivity contribution in [1.82, 2.24) is 19.6 Å². The molecule has 3 heterocycles. The van der Waals surface area contributed by atoms with Gasteiger partial charge in [-0.15, -0.1) is 10.2 Å². The Morgan fingerprint density at radius 2 is 2.17 bits per heavy atom. The van der Waals surface area contributed by atoms with Crippen LogP contribution in [0.2, 0.25) is 0 Å². The first-order chi connectivity index (χ1) is 11.5. The number of nitrogens with one attached hydrogen (secondary N) is 1. The molecule has 1 aromatic carbocycles. The van der Waals surface area contributed by atoms with E-state index in [4.69, 9.17) is 0 Å². The van der Waals surface area contributed by atoms with Gasteiger partial charge in [0.05, 0.1) is 11.5 Å². The number of nitrogens with zero attached hydrogens (tertiary/aromatic N) is 4. The van der Waals surface area contributed by atoms with E-state index in [0.717, 1.165) is 0 Å². The van der Waals surface area contributed by atoms with Crippen LogP contribution in [0.15, 0.2) is 36.7 Å². The van der Waals surface area contributed by atoms with Gasteiger partial charge in [-0.1, -0.05) is 12.1 Å². The molecule has 0 saturated carbocycles. The quantitative estimate of drug-likeness (QED) is 0.773. The molecule has 2 aromatic heterocycles. The summed E-state index contributed by atoms with van der Waals surface area (Å²) in [6, 6.07) is 5.91. The van der Waals surface area contributed by atoms with E-state index in [0.29, 0.717) is 29.3 Å². The van der Waals surface area contributed by atoms with E-state index in [9.17, 15) is 12.8 Å². The Labute approximate surface area is 137 Å². The number of aromatic nitrogens is 4. The van der Waals surface area contributed by atoms with E-state index in [2.05, 4.69) is 20.5 Å². The molecule has 0 bridgehead atoms. The Balaban J connectivity index is 1.72. The van der Waals surface area contributed by atoms with Crippen LogP contribution in [0.25, 0.3) is 17.0 Å². The average Bonchev–Trinajstić information content (AvgIpc) is 3.11. The molecule has 24 heavy (non-hydrogen) atoms. The molecule has 4 rings (SSSR count). The molecule has 1 aliphatic rings. The van der Waals surface area contributed by atoms with Crippen LogP contribution in [0.3, 0.4) is 0 Å². The van der Waals surface area contributed by atoms with Crippen molar-refractivity contribution < 1.29 is 12.8 Å². The van der Waals surface area contributed by atoms with E-state index in [1.165, 1.54) is 12.1 Å². The van der Waals surface area contributed by atoms with Crippen molar-refractivity contribution in [2.75, 3.05) is 16.8 Å². The highest BCUT2D eigenvalue weighted by molar-refractivity contribution is 7.91. The molecule has 1 fully saturated rings. The summed E-state index contributed by atoms with van der Waals surface area (Å²) < 4.78 is 38.3. The second kappa shape index (κ2) is 5.52. The zero-order valence-electron chi connectivity index (χ0n) is 12.6. The smallest absolute Gasteiger partial charge is 0.203 e. The summed E-state index contributed by atoms with van der Waals surface area (Å²) in [5, 5.41) is 11.4. The van der Waals surface area contributed by atoms with Crippen LogP contribution in [0, 0.1) is 5.82 Å². The van der Waals surface area contributed by atoms with E-state index < -0.39 is 9.84 Å². The maximum atomic E-state index is 13.4. The van der Waals surface area contributed by atoms with E-state index >= 15 is 0 Å². The Morgan fingerprint density at radius 3 is 2.92 bits per heavy atom. The van der Waals surface area contributed by atoms with Crippen molar-refractivity contribution in [2.45, 2.75) is 12.5 Å². The number of halogens is 1. The third-order valence-electron chi connectivity index (χ3n) is 3.98. The number of rotatable bonds is 3. The lowest BCUT2D eigenvalue weighted by atomic mass is 10.2. The molecule has 0 radical (unpaired) electrons. The lowest BCUT2D eigenvalue weighted by Crippen LogP contribution is -2.21. The molecule has 9 heteroatoms. The summed E-state index contributed by atoms with van der Waals surface area (Å²) >= 11 is 0. The largest absolute Gasteiger partial charge is 0.363 e. The molecule has 3 aromatic rings. The minimum Gasteiger partial charge on any atom is -0.363 e. The molecule has 1 saturated heterocycles. The zero-order chi connectivity index (χ0) is 16.7. The van der Waals surface area contributed by atoms with Gasteiger partial charge >= 0.3 is 0 Å². The Morgan fingerprint density at radius 1 is 1.29 bits per heavy atom. The van der Waals surface area contributed by atoms with Gasteiger partial charge in [0.15, 0.2) is 21.5 Å². The van der Waals surface area contributed by atoms with Gasteiger partial charge in [0.2, 0.25) is 5.65 Å². The van der Waals surface area contributed by atoms with Crippen molar-refractivity contribution in [3.63, 3.8) is 0 Å². The molecule has 0 amide bonds. The van der Waals surface area contributed by atoms with Gasteiger partial charge in [-0.2, -0.15) is 0 Å². The minimum atomic E-state index is -2.99. The molecule has 7 nitrogen and oxygen atoms in total. The summed E-state index contributed by atoms with van der Waals surface area (Å²) in [6.45, 7) is 0. The van der Waals surface area contributed by atoms with Crippen molar-refractivity contribution in [3.8, 4) is 11.4 Å². The lowest BCUT2D eigenvalue weighted by molar-refractivity contribution is 0.602. The van der Waals surface area contributed by atoms with Crippen LogP contribution in [0.1, 0.15) is 6.42 Å². The van der Waals surface area contributed by atoms with Crippen LogP contribution in [0.5, 0.6) is 0 Å². The molecule has 124 valence electrons. The number of sulfone groups is 1. The van der Waals surface area contributed by atoms with Gasteiger partial charge in [-0.3, -0.25) is 4.40 Å². The third-order valence-corrected chi connectivity index (χ3v) is 5.75. The summed E-state index contributed by atoms with van der Waals surface area (Å²) in [4.78, 5) is 4.24. The summed E-state index contributed by atoms with van der Waals surface area (Å²) in [5.74, 6) is 0.867. The fraction of sp³-hybridized carbons (Fsp3) is 0.267. The number of hydrogen-bond acceptors (Lipinski definition) is 6. The van der Waals surface area contributed by atoms with Gasteiger partial charge in [-0.05, 0) is 18.6 Å². The first-order valence-corrected chi connectivity index (χ1v) is 9.27. The second-order valence-electron chi connectivity index (χ2n) is 5.75. The molecule has 1 aliphatic heterocycles. The van der Waals surface area contributed by atoms with Crippen LogP contribution in [-0.4, -0.2) is 45.5 Å². The minimum absolute atomic E-state index is 0.0840. The second-order valence-corrected chi connectivity index (χ2v) is 7.98. The van der Waals surface area contributed by atoms with Gasteiger partial charge in [0.1, 0.15) is 5.82 Å². The normalized spacial score (nSPS) is 19.6. The average molecular weight is 347 g/mol. The highest BCUT2D eigenvalue weighted by Crippen LogP contribution is 2.23. The fourth-order valence-corrected chi connectivity index (χ4v) is 4.53. The van der Waals surface area contributed by atoms with Crippen LogP contribution in [0.4, 0.5) is 10.2 Å². The first-order valence-electron chi connectivity index (χ1n) is 7.44. The van der Waals surface area contributed by atoms with Crippen molar-refractivity contribution in [3.05, 3.63) is 42.5 Å². The molecule has 1 atom stereocenters. The molecule has 0 spiro atoms. The van der Waals surface area contributed by atoms with E-state index in [1.807, 2.05) is 0 Å². The number of benzene rings is 1. The molecule has 1 unspecified atom stereocenters. The SMILES string of the molecule is O=S1(=O)CCC(Nc2nccn3c(-c4cccc(F)c4)nnc23)C1. The molecular weight excluding hydrogens is 333 g/mol. The fourth-order valence-electron chi connectivity index (χ4n) is 2.85. The summed E-state index contributed by atoms with van der Waals surface area (Å²) in [7, 11) is -2.99. The highest BCUT2D eigenvalue weighted by atomic mass is 32.2. The highest BCUT2D eigenvalue weighted by Gasteiger charge is 2.28. The van der Waals surface area contributed by atoms with Crippen LogP contribution >= 0.6 is 0 Å².